The van der Waals surface area contributed by atoms with Crippen molar-refractivity contribution >= 4 is 32.7 Å². The van der Waals surface area contributed by atoms with Crippen molar-refractivity contribution in [2.75, 3.05) is 12.4 Å². The van der Waals surface area contributed by atoms with Crippen LogP contribution in [-0.2, 0) is 10.0 Å². The summed E-state index contributed by atoms with van der Waals surface area (Å²) in [5.74, 6) is 0.140. The number of sulfonamides is 1. The van der Waals surface area contributed by atoms with Crippen LogP contribution >= 0.6 is 0 Å². The van der Waals surface area contributed by atoms with Gasteiger partial charge in [0.2, 0.25) is 15.9 Å². The number of rotatable bonds is 6. The zero-order valence-electron chi connectivity index (χ0n) is 18.8. The number of para-hydroxylation sites is 2. The summed E-state index contributed by atoms with van der Waals surface area (Å²) in [6, 6.07) is 20.9. The van der Waals surface area contributed by atoms with E-state index in [1.807, 2.05) is 36.4 Å². The van der Waals surface area contributed by atoms with Gasteiger partial charge in [0.05, 0.1) is 4.90 Å². The predicted molar refractivity (Wildman–Crippen MR) is 131 cm³/mol. The Hall–Kier alpha value is -3.49. The molecule has 1 fully saturated rings. The molecule has 4 aromatic rings. The Morgan fingerprint density at radius 3 is 2.47 bits per heavy atom. The summed E-state index contributed by atoms with van der Waals surface area (Å²) in [7, 11) is -1.95. The highest BCUT2D eigenvalue weighted by molar-refractivity contribution is 7.89. The first-order valence-corrected chi connectivity index (χ1v) is 12.7. The summed E-state index contributed by atoms with van der Waals surface area (Å²) >= 11 is 0. The number of nitrogens with zero attached hydrogens (tertiary/aromatic N) is 2. The highest BCUT2D eigenvalue weighted by Crippen LogP contribution is 2.28. The number of hydrogen-bond donors (Lipinski definition) is 1. The van der Waals surface area contributed by atoms with Crippen LogP contribution in [0.15, 0.2) is 82.1 Å². The fourth-order valence-corrected chi connectivity index (χ4v) is 5.75. The third kappa shape index (κ3) is 4.34. The molecule has 1 heterocycles. The number of hydrogen-bond acceptors (Lipinski definition) is 5. The SMILES string of the molecule is CN(C1CCCC1)S(=O)(=O)c1ccc(C(=O)Nc2cccc(-c3nc4ccccc4o3)c2)cc1. The second kappa shape index (κ2) is 9.04. The van der Waals surface area contributed by atoms with Crippen molar-refractivity contribution in [3.63, 3.8) is 0 Å². The van der Waals surface area contributed by atoms with Gasteiger partial charge >= 0.3 is 0 Å². The normalized spacial score (nSPS) is 14.6. The summed E-state index contributed by atoms with van der Waals surface area (Å²) in [6.45, 7) is 0. The molecule has 1 amide bonds. The van der Waals surface area contributed by atoms with Crippen molar-refractivity contribution in [1.82, 2.24) is 9.29 Å². The average molecular weight is 476 g/mol. The molecule has 0 unspecified atom stereocenters. The van der Waals surface area contributed by atoms with Crippen molar-refractivity contribution < 1.29 is 17.6 Å². The van der Waals surface area contributed by atoms with E-state index in [2.05, 4.69) is 10.3 Å². The third-order valence-corrected chi connectivity index (χ3v) is 8.22. The topological polar surface area (TPSA) is 92.5 Å². The van der Waals surface area contributed by atoms with Gasteiger partial charge in [-0.25, -0.2) is 13.4 Å². The van der Waals surface area contributed by atoms with Gasteiger partial charge in [0.25, 0.3) is 5.91 Å². The number of amides is 1. The number of benzene rings is 3. The molecule has 0 atom stereocenters. The maximum absolute atomic E-state index is 12.9. The van der Waals surface area contributed by atoms with E-state index in [1.165, 1.54) is 28.6 Å². The summed E-state index contributed by atoms with van der Waals surface area (Å²) in [6.07, 6.45) is 3.88. The Kier molecular flexibility index (Phi) is 5.93. The van der Waals surface area contributed by atoms with E-state index in [0.29, 0.717) is 22.7 Å². The van der Waals surface area contributed by atoms with Gasteiger partial charge in [0.15, 0.2) is 5.58 Å². The molecule has 5 rings (SSSR count). The van der Waals surface area contributed by atoms with E-state index in [4.69, 9.17) is 4.42 Å². The predicted octanol–water partition coefficient (Wildman–Crippen LogP) is 5.31. The molecule has 1 saturated carbocycles. The van der Waals surface area contributed by atoms with E-state index >= 15 is 0 Å². The molecule has 0 radical (unpaired) electrons. The van der Waals surface area contributed by atoms with Crippen LogP contribution in [0.5, 0.6) is 0 Å². The van der Waals surface area contributed by atoms with E-state index in [-0.39, 0.29) is 16.8 Å². The number of aromatic nitrogens is 1. The van der Waals surface area contributed by atoms with Gasteiger partial charge in [-0.05, 0) is 67.4 Å². The van der Waals surface area contributed by atoms with E-state index < -0.39 is 10.0 Å². The lowest BCUT2D eigenvalue weighted by molar-refractivity contribution is 0.102. The maximum Gasteiger partial charge on any atom is 0.255 e. The maximum atomic E-state index is 12.9. The average Bonchev–Trinajstić information content (AvgIpc) is 3.54. The number of oxazole rings is 1. The molecule has 0 saturated heterocycles. The Bertz CT molecular complexity index is 1410. The van der Waals surface area contributed by atoms with Gasteiger partial charge in [-0.3, -0.25) is 4.79 Å². The summed E-state index contributed by atoms with van der Waals surface area (Å²) < 4.78 is 33.2. The molecular weight excluding hydrogens is 450 g/mol. The van der Waals surface area contributed by atoms with Gasteiger partial charge in [-0.15, -0.1) is 0 Å². The first kappa shape index (κ1) is 22.3. The molecule has 1 aliphatic carbocycles. The molecule has 34 heavy (non-hydrogen) atoms. The first-order valence-electron chi connectivity index (χ1n) is 11.3. The lowest BCUT2D eigenvalue weighted by atomic mass is 10.1. The van der Waals surface area contributed by atoms with Crippen LogP contribution in [0.4, 0.5) is 5.69 Å². The summed E-state index contributed by atoms with van der Waals surface area (Å²) in [4.78, 5) is 17.5. The molecular formula is C26H25N3O4S. The van der Waals surface area contributed by atoms with Crippen molar-refractivity contribution in [3.05, 3.63) is 78.4 Å². The molecule has 7 nitrogen and oxygen atoms in total. The molecule has 0 spiro atoms. The number of fused-ring (bicyclic) bond motifs is 1. The zero-order chi connectivity index (χ0) is 23.7. The molecule has 1 aliphatic rings. The number of anilines is 1. The lowest BCUT2D eigenvalue weighted by Crippen LogP contribution is -2.35. The van der Waals surface area contributed by atoms with Crippen molar-refractivity contribution in [1.29, 1.82) is 0 Å². The Morgan fingerprint density at radius 2 is 1.74 bits per heavy atom. The molecule has 1 N–H and O–H groups in total. The molecule has 174 valence electrons. The van der Waals surface area contributed by atoms with Crippen molar-refractivity contribution in [3.8, 4) is 11.5 Å². The zero-order valence-corrected chi connectivity index (χ0v) is 19.6. The molecule has 3 aromatic carbocycles. The highest BCUT2D eigenvalue weighted by atomic mass is 32.2. The summed E-state index contributed by atoms with van der Waals surface area (Å²) in [5.41, 5.74) is 3.16. The van der Waals surface area contributed by atoms with Gasteiger partial charge in [-0.1, -0.05) is 31.0 Å². The van der Waals surface area contributed by atoms with Crippen LogP contribution in [0, 0.1) is 0 Å². The lowest BCUT2D eigenvalue weighted by Gasteiger charge is -2.23. The highest BCUT2D eigenvalue weighted by Gasteiger charge is 2.30. The minimum atomic E-state index is -3.59. The summed E-state index contributed by atoms with van der Waals surface area (Å²) in [5, 5.41) is 2.86. The van der Waals surface area contributed by atoms with Crippen LogP contribution in [0.3, 0.4) is 0 Å². The smallest absolute Gasteiger partial charge is 0.255 e. The molecule has 1 aromatic heterocycles. The second-order valence-corrected chi connectivity index (χ2v) is 10.5. The quantitative estimate of drug-likeness (QED) is 0.408. The Morgan fingerprint density at radius 1 is 1.00 bits per heavy atom. The number of carbonyl (C=O) groups excluding carboxylic acids is 1. The van der Waals surface area contributed by atoms with Gasteiger partial charge in [0.1, 0.15) is 5.52 Å². The van der Waals surface area contributed by atoms with E-state index in [9.17, 15) is 13.2 Å². The number of carbonyl (C=O) groups is 1. The van der Waals surface area contributed by atoms with Crippen molar-refractivity contribution in [2.45, 2.75) is 36.6 Å². The van der Waals surface area contributed by atoms with Crippen LogP contribution in [0.25, 0.3) is 22.6 Å². The van der Waals surface area contributed by atoms with Gasteiger partial charge in [-0.2, -0.15) is 4.31 Å². The molecule has 8 heteroatoms. The van der Waals surface area contributed by atoms with Gasteiger partial charge in [0, 0.05) is 29.9 Å². The van der Waals surface area contributed by atoms with Crippen LogP contribution in [0.2, 0.25) is 0 Å². The number of nitrogens with one attached hydrogen (secondary N) is 1. The van der Waals surface area contributed by atoms with Gasteiger partial charge < -0.3 is 9.73 Å². The third-order valence-electron chi connectivity index (χ3n) is 6.29. The monoisotopic (exact) mass is 475 g/mol. The standard InChI is InChI=1S/C26H25N3O4S/c1-29(21-9-2-3-10-21)34(31,32)22-15-13-18(14-16-22)25(30)27-20-8-6-7-19(17-20)26-28-23-11-4-5-12-24(23)33-26/h4-8,11-17,21H,2-3,9-10H2,1H3,(H,27,30). The molecule has 0 bridgehead atoms. The first-order chi connectivity index (χ1) is 16.4. The van der Waals surface area contributed by atoms with E-state index in [0.717, 1.165) is 36.8 Å². The fourth-order valence-electron chi connectivity index (χ4n) is 4.34. The second-order valence-electron chi connectivity index (χ2n) is 8.51. The largest absolute Gasteiger partial charge is 0.436 e. The minimum Gasteiger partial charge on any atom is -0.436 e. The van der Waals surface area contributed by atoms with Crippen LogP contribution < -0.4 is 5.32 Å². The van der Waals surface area contributed by atoms with Crippen LogP contribution in [0.1, 0.15) is 36.0 Å². The van der Waals surface area contributed by atoms with E-state index in [1.54, 1.807) is 19.2 Å². The minimum absolute atomic E-state index is 0.0431. The fraction of sp³-hybridized carbons (Fsp3) is 0.231. The van der Waals surface area contributed by atoms with Crippen LogP contribution in [-0.4, -0.2) is 36.7 Å². The Balaban J connectivity index is 1.31. The molecule has 0 aliphatic heterocycles. The Labute approximate surface area is 198 Å². The van der Waals surface area contributed by atoms with Crippen molar-refractivity contribution in [2.24, 2.45) is 0 Å².